The number of fused-ring (bicyclic) bond motifs is 1. The van der Waals surface area contributed by atoms with Crippen molar-refractivity contribution in [1.82, 2.24) is 5.48 Å². The van der Waals surface area contributed by atoms with Gasteiger partial charge >= 0.3 is 0 Å². The van der Waals surface area contributed by atoms with E-state index >= 15 is 0 Å². The first-order chi connectivity index (χ1) is 12.8. The summed E-state index contributed by atoms with van der Waals surface area (Å²) in [4.78, 5) is 12.2. The highest BCUT2D eigenvalue weighted by molar-refractivity contribution is 9.10. The molecule has 1 amide bonds. The standard InChI is InChI=1S/C19H17BrN2O4S/c1-12-9-15(20)11-17(19(23)21-24)18(12)22(2)27(25,26)16-8-7-13-5-3-4-6-14(13)10-16/h3-11,24H,1-2H3,(H,21,23). The van der Waals surface area contributed by atoms with Crippen LogP contribution in [-0.4, -0.2) is 26.6 Å². The minimum atomic E-state index is -3.93. The third kappa shape index (κ3) is 3.55. The zero-order valence-electron chi connectivity index (χ0n) is 14.6. The van der Waals surface area contributed by atoms with E-state index in [0.717, 1.165) is 15.1 Å². The summed E-state index contributed by atoms with van der Waals surface area (Å²) in [6.07, 6.45) is 0. The highest BCUT2D eigenvalue weighted by Gasteiger charge is 2.27. The SMILES string of the molecule is Cc1cc(Br)cc(C(=O)NO)c1N(C)S(=O)(=O)c1ccc2ccccc2c1. The first-order valence-electron chi connectivity index (χ1n) is 7.98. The molecule has 0 fully saturated rings. The maximum atomic E-state index is 13.2. The van der Waals surface area contributed by atoms with Crippen molar-refractivity contribution in [1.29, 1.82) is 0 Å². The number of aryl methyl sites for hydroxylation is 1. The van der Waals surface area contributed by atoms with E-state index in [0.29, 0.717) is 10.0 Å². The largest absolute Gasteiger partial charge is 0.288 e. The Kier molecular flexibility index (Phi) is 5.23. The van der Waals surface area contributed by atoms with E-state index < -0.39 is 15.9 Å². The van der Waals surface area contributed by atoms with Crippen molar-refractivity contribution >= 4 is 48.3 Å². The molecule has 6 nitrogen and oxygen atoms in total. The molecule has 27 heavy (non-hydrogen) atoms. The molecule has 3 aromatic carbocycles. The minimum absolute atomic E-state index is 0.0382. The smallest absolute Gasteiger partial charge is 0.276 e. The number of carbonyl (C=O) groups is 1. The number of rotatable bonds is 4. The summed E-state index contributed by atoms with van der Waals surface area (Å²) in [5.41, 5.74) is 2.36. The lowest BCUT2D eigenvalue weighted by Crippen LogP contribution is -2.30. The highest BCUT2D eigenvalue weighted by atomic mass is 79.9. The van der Waals surface area contributed by atoms with Gasteiger partial charge in [0.2, 0.25) is 0 Å². The normalized spacial score (nSPS) is 11.4. The first-order valence-corrected chi connectivity index (χ1v) is 10.2. The zero-order valence-corrected chi connectivity index (χ0v) is 17.0. The van der Waals surface area contributed by atoms with Gasteiger partial charge in [0.05, 0.1) is 16.1 Å². The number of amides is 1. The Morgan fingerprint density at radius 2 is 1.74 bits per heavy atom. The van der Waals surface area contributed by atoms with Crippen LogP contribution in [0.1, 0.15) is 15.9 Å². The van der Waals surface area contributed by atoms with Crippen LogP contribution in [0.25, 0.3) is 10.8 Å². The molecule has 140 valence electrons. The molecule has 3 aromatic rings. The fourth-order valence-corrected chi connectivity index (χ4v) is 4.88. The van der Waals surface area contributed by atoms with Crippen molar-refractivity contribution in [3.63, 3.8) is 0 Å². The Labute approximate surface area is 165 Å². The summed E-state index contributed by atoms with van der Waals surface area (Å²) in [5, 5.41) is 10.8. The van der Waals surface area contributed by atoms with Crippen LogP contribution < -0.4 is 9.79 Å². The van der Waals surface area contributed by atoms with Crippen molar-refractivity contribution in [2.75, 3.05) is 11.4 Å². The molecule has 0 aromatic heterocycles. The van der Waals surface area contributed by atoms with Gasteiger partial charge in [-0.05, 0) is 47.5 Å². The number of halogens is 1. The maximum Gasteiger partial charge on any atom is 0.276 e. The van der Waals surface area contributed by atoms with Gasteiger partial charge in [-0.25, -0.2) is 13.9 Å². The van der Waals surface area contributed by atoms with Gasteiger partial charge in [0, 0.05) is 11.5 Å². The Hall–Kier alpha value is -2.42. The minimum Gasteiger partial charge on any atom is -0.288 e. The lowest BCUT2D eigenvalue weighted by Gasteiger charge is -2.24. The summed E-state index contributed by atoms with van der Waals surface area (Å²) >= 11 is 3.29. The first kappa shape index (κ1) is 19.3. The van der Waals surface area contributed by atoms with Gasteiger partial charge in [-0.15, -0.1) is 0 Å². The van der Waals surface area contributed by atoms with Gasteiger partial charge in [0.15, 0.2) is 0 Å². The number of nitrogens with one attached hydrogen (secondary N) is 1. The molecule has 0 saturated carbocycles. The van der Waals surface area contributed by atoms with Crippen LogP contribution in [-0.2, 0) is 10.0 Å². The molecule has 0 aliphatic heterocycles. The predicted molar refractivity (Wildman–Crippen MR) is 108 cm³/mol. The van der Waals surface area contributed by atoms with Gasteiger partial charge < -0.3 is 0 Å². The molecular formula is C19H17BrN2O4S. The van der Waals surface area contributed by atoms with Gasteiger partial charge in [0.25, 0.3) is 15.9 Å². The number of benzene rings is 3. The van der Waals surface area contributed by atoms with Gasteiger partial charge in [0.1, 0.15) is 0 Å². The van der Waals surface area contributed by atoms with Gasteiger partial charge in [-0.2, -0.15) is 0 Å². The monoisotopic (exact) mass is 448 g/mol. The number of nitrogens with zero attached hydrogens (tertiary/aromatic N) is 1. The number of hydroxylamine groups is 1. The molecule has 0 atom stereocenters. The average Bonchev–Trinajstić information content (AvgIpc) is 2.65. The molecule has 0 spiro atoms. The Bertz CT molecular complexity index is 1150. The molecule has 0 unspecified atom stereocenters. The van der Waals surface area contributed by atoms with Crippen LogP contribution in [0.15, 0.2) is 64.0 Å². The Balaban J connectivity index is 2.16. The van der Waals surface area contributed by atoms with Gasteiger partial charge in [-0.1, -0.05) is 46.3 Å². The van der Waals surface area contributed by atoms with Crippen LogP contribution in [0.4, 0.5) is 5.69 Å². The molecule has 8 heteroatoms. The summed E-state index contributed by atoms with van der Waals surface area (Å²) in [7, 11) is -2.54. The third-order valence-corrected chi connectivity index (χ3v) is 6.52. The molecule has 0 bridgehead atoms. The second kappa shape index (κ2) is 7.30. The summed E-state index contributed by atoms with van der Waals surface area (Å²) in [5.74, 6) is -0.796. The lowest BCUT2D eigenvalue weighted by atomic mass is 10.1. The van der Waals surface area contributed by atoms with E-state index in [-0.39, 0.29) is 16.1 Å². The van der Waals surface area contributed by atoms with E-state index in [4.69, 9.17) is 5.21 Å². The summed E-state index contributed by atoms with van der Waals surface area (Å²) in [6.45, 7) is 1.70. The average molecular weight is 449 g/mol. The third-order valence-electron chi connectivity index (χ3n) is 4.31. The van der Waals surface area contributed by atoms with E-state index in [2.05, 4.69) is 15.9 Å². The predicted octanol–water partition coefficient (Wildman–Crippen LogP) is 3.85. The van der Waals surface area contributed by atoms with E-state index in [1.807, 2.05) is 24.3 Å². The second-order valence-corrected chi connectivity index (χ2v) is 8.93. The molecule has 0 saturated heterocycles. The van der Waals surface area contributed by atoms with E-state index in [9.17, 15) is 13.2 Å². The van der Waals surface area contributed by atoms with Crippen molar-refractivity contribution in [3.8, 4) is 0 Å². The number of sulfonamides is 1. The summed E-state index contributed by atoms with van der Waals surface area (Å²) < 4.78 is 28.0. The molecule has 0 aliphatic carbocycles. The highest BCUT2D eigenvalue weighted by Crippen LogP contribution is 2.32. The van der Waals surface area contributed by atoms with Crippen LogP contribution in [0.5, 0.6) is 0 Å². The van der Waals surface area contributed by atoms with Crippen LogP contribution in [0, 0.1) is 6.92 Å². The Morgan fingerprint density at radius 3 is 2.41 bits per heavy atom. The second-order valence-electron chi connectivity index (χ2n) is 6.04. The van der Waals surface area contributed by atoms with Crippen molar-refractivity contribution in [2.24, 2.45) is 0 Å². The van der Waals surface area contributed by atoms with E-state index in [1.165, 1.54) is 19.2 Å². The zero-order chi connectivity index (χ0) is 19.8. The number of anilines is 1. The van der Waals surface area contributed by atoms with Crippen LogP contribution >= 0.6 is 15.9 Å². The van der Waals surface area contributed by atoms with Crippen molar-refractivity contribution in [2.45, 2.75) is 11.8 Å². The number of hydrogen-bond donors (Lipinski definition) is 2. The lowest BCUT2D eigenvalue weighted by molar-refractivity contribution is 0.0707. The molecule has 3 rings (SSSR count). The van der Waals surface area contributed by atoms with Crippen LogP contribution in [0.3, 0.4) is 0 Å². The van der Waals surface area contributed by atoms with Crippen molar-refractivity contribution in [3.05, 3.63) is 70.2 Å². The fraction of sp³-hybridized carbons (Fsp3) is 0.105. The van der Waals surface area contributed by atoms with E-state index in [1.54, 1.807) is 30.6 Å². The van der Waals surface area contributed by atoms with Crippen LogP contribution in [0.2, 0.25) is 0 Å². The summed E-state index contributed by atoms with van der Waals surface area (Å²) in [6, 6.07) is 15.5. The molecular weight excluding hydrogens is 432 g/mol. The topological polar surface area (TPSA) is 86.7 Å². The Morgan fingerprint density at radius 1 is 1.07 bits per heavy atom. The fourth-order valence-electron chi connectivity index (χ4n) is 2.99. The maximum absolute atomic E-state index is 13.2. The molecule has 0 radical (unpaired) electrons. The molecule has 0 heterocycles. The number of carbonyl (C=O) groups excluding carboxylic acids is 1. The van der Waals surface area contributed by atoms with Gasteiger partial charge in [-0.3, -0.25) is 14.3 Å². The molecule has 2 N–H and O–H groups in total. The molecule has 0 aliphatic rings. The van der Waals surface area contributed by atoms with Crippen molar-refractivity contribution < 1.29 is 18.4 Å². The number of hydrogen-bond acceptors (Lipinski definition) is 4. The quantitative estimate of drug-likeness (QED) is 0.468.